The Balaban J connectivity index is 1.51. The Labute approximate surface area is 130 Å². The molecular weight excluding hydrogens is 276 g/mol. The standard InChI is InChI=1S/C17H22N4O/c1-12-8-21-11-15(22)7-14(21)10-20(12)9-13-2-3-16-17(6-13)19-5-4-18-16/h2-6,12,14-15,22H,7-11H2,1H3/t12-,14?,15+/m0/s1. The number of aromatic nitrogens is 2. The highest BCUT2D eigenvalue weighted by atomic mass is 16.3. The summed E-state index contributed by atoms with van der Waals surface area (Å²) < 4.78 is 0. The van der Waals surface area contributed by atoms with Gasteiger partial charge in [0.25, 0.3) is 0 Å². The van der Waals surface area contributed by atoms with E-state index < -0.39 is 0 Å². The maximum absolute atomic E-state index is 9.87. The Hall–Kier alpha value is -1.56. The van der Waals surface area contributed by atoms with Crippen molar-refractivity contribution in [3.8, 4) is 0 Å². The van der Waals surface area contributed by atoms with Crippen molar-refractivity contribution >= 4 is 11.0 Å². The highest BCUT2D eigenvalue weighted by molar-refractivity contribution is 5.74. The number of rotatable bonds is 2. The van der Waals surface area contributed by atoms with Gasteiger partial charge in [-0.1, -0.05) is 6.07 Å². The molecule has 0 amide bonds. The van der Waals surface area contributed by atoms with Crippen LogP contribution in [0.5, 0.6) is 0 Å². The first-order chi connectivity index (χ1) is 10.7. The van der Waals surface area contributed by atoms with Crippen LogP contribution in [0.25, 0.3) is 11.0 Å². The molecule has 5 nitrogen and oxygen atoms in total. The molecule has 0 radical (unpaired) electrons. The van der Waals surface area contributed by atoms with E-state index >= 15 is 0 Å². The lowest BCUT2D eigenvalue weighted by atomic mass is 10.1. The molecule has 1 aromatic carbocycles. The molecule has 2 aliphatic heterocycles. The van der Waals surface area contributed by atoms with Gasteiger partial charge in [0.15, 0.2) is 0 Å². The minimum Gasteiger partial charge on any atom is -0.392 e. The van der Waals surface area contributed by atoms with Crippen LogP contribution >= 0.6 is 0 Å². The van der Waals surface area contributed by atoms with Crippen molar-refractivity contribution in [1.29, 1.82) is 0 Å². The van der Waals surface area contributed by atoms with Crippen LogP contribution in [0.15, 0.2) is 30.6 Å². The predicted molar refractivity (Wildman–Crippen MR) is 85.4 cm³/mol. The predicted octanol–water partition coefficient (Wildman–Crippen LogP) is 1.27. The Morgan fingerprint density at radius 1 is 1.14 bits per heavy atom. The summed E-state index contributed by atoms with van der Waals surface area (Å²) in [6, 6.07) is 7.37. The molecule has 1 N–H and O–H groups in total. The molecule has 2 aliphatic rings. The van der Waals surface area contributed by atoms with Gasteiger partial charge in [-0.15, -0.1) is 0 Å². The first kappa shape index (κ1) is 14.1. The smallest absolute Gasteiger partial charge is 0.0890 e. The van der Waals surface area contributed by atoms with Crippen LogP contribution in [0.1, 0.15) is 18.9 Å². The number of piperazine rings is 1. The molecule has 2 aromatic rings. The third-order valence-electron chi connectivity index (χ3n) is 4.99. The Bertz CT molecular complexity index is 677. The molecule has 2 fully saturated rings. The Morgan fingerprint density at radius 2 is 1.95 bits per heavy atom. The monoisotopic (exact) mass is 298 g/mol. The second kappa shape index (κ2) is 5.57. The lowest BCUT2D eigenvalue weighted by Gasteiger charge is -2.42. The van der Waals surface area contributed by atoms with E-state index in [1.165, 1.54) is 5.56 Å². The van der Waals surface area contributed by atoms with E-state index in [1.807, 2.05) is 0 Å². The van der Waals surface area contributed by atoms with Crippen molar-refractivity contribution in [2.45, 2.75) is 38.1 Å². The van der Waals surface area contributed by atoms with E-state index in [0.717, 1.165) is 43.6 Å². The molecule has 0 aliphatic carbocycles. The first-order valence-corrected chi connectivity index (χ1v) is 8.05. The normalized spacial score (nSPS) is 29.8. The van der Waals surface area contributed by atoms with Crippen molar-refractivity contribution in [3.05, 3.63) is 36.2 Å². The van der Waals surface area contributed by atoms with Gasteiger partial charge in [0.1, 0.15) is 0 Å². The summed E-state index contributed by atoms with van der Waals surface area (Å²) in [4.78, 5) is 13.7. The fraction of sp³-hybridized carbons (Fsp3) is 0.529. The summed E-state index contributed by atoms with van der Waals surface area (Å²) in [5, 5.41) is 9.87. The third kappa shape index (κ3) is 2.60. The lowest BCUT2D eigenvalue weighted by molar-refractivity contribution is 0.0529. The van der Waals surface area contributed by atoms with Crippen molar-refractivity contribution < 1.29 is 5.11 Å². The fourth-order valence-electron chi connectivity index (χ4n) is 3.84. The highest BCUT2D eigenvalue weighted by Gasteiger charge is 2.37. The fourth-order valence-corrected chi connectivity index (χ4v) is 3.84. The molecule has 116 valence electrons. The molecule has 1 aromatic heterocycles. The lowest BCUT2D eigenvalue weighted by Crippen LogP contribution is -2.54. The summed E-state index contributed by atoms with van der Waals surface area (Å²) in [6.45, 7) is 6.15. The molecule has 0 spiro atoms. The van der Waals surface area contributed by atoms with E-state index in [0.29, 0.717) is 12.1 Å². The maximum Gasteiger partial charge on any atom is 0.0890 e. The summed E-state index contributed by atoms with van der Waals surface area (Å²) in [5.41, 5.74) is 3.19. The number of aliphatic hydroxyl groups is 1. The molecule has 3 atom stereocenters. The minimum absolute atomic E-state index is 0.145. The largest absolute Gasteiger partial charge is 0.392 e. The van der Waals surface area contributed by atoms with Gasteiger partial charge in [0.2, 0.25) is 0 Å². The van der Waals surface area contributed by atoms with Gasteiger partial charge in [0.05, 0.1) is 17.1 Å². The van der Waals surface area contributed by atoms with Gasteiger partial charge in [0, 0.05) is 50.7 Å². The van der Waals surface area contributed by atoms with E-state index in [9.17, 15) is 5.11 Å². The molecule has 0 saturated carbocycles. The van der Waals surface area contributed by atoms with E-state index in [-0.39, 0.29) is 6.10 Å². The Morgan fingerprint density at radius 3 is 2.82 bits per heavy atom. The molecule has 2 saturated heterocycles. The van der Waals surface area contributed by atoms with Crippen LogP contribution in [0, 0.1) is 0 Å². The van der Waals surface area contributed by atoms with Crippen molar-refractivity contribution in [1.82, 2.24) is 19.8 Å². The number of aliphatic hydroxyl groups excluding tert-OH is 1. The van der Waals surface area contributed by atoms with Gasteiger partial charge in [-0.25, -0.2) is 0 Å². The van der Waals surface area contributed by atoms with Crippen LogP contribution in [-0.2, 0) is 6.54 Å². The van der Waals surface area contributed by atoms with Crippen LogP contribution < -0.4 is 0 Å². The topological polar surface area (TPSA) is 52.5 Å². The molecule has 1 unspecified atom stereocenters. The SMILES string of the molecule is C[C@H]1CN2C[C@H](O)CC2CN1Cc1ccc2nccnc2c1. The van der Waals surface area contributed by atoms with Crippen LogP contribution in [0.4, 0.5) is 0 Å². The molecule has 4 rings (SSSR count). The molecular formula is C17H22N4O. The van der Waals surface area contributed by atoms with Gasteiger partial charge < -0.3 is 5.11 Å². The minimum atomic E-state index is -0.145. The van der Waals surface area contributed by atoms with Crippen molar-refractivity contribution in [2.75, 3.05) is 19.6 Å². The van der Waals surface area contributed by atoms with E-state index in [2.05, 4.69) is 44.9 Å². The highest BCUT2D eigenvalue weighted by Crippen LogP contribution is 2.26. The van der Waals surface area contributed by atoms with Crippen LogP contribution in [-0.4, -0.2) is 62.7 Å². The number of hydrogen-bond donors (Lipinski definition) is 1. The zero-order valence-electron chi connectivity index (χ0n) is 12.9. The summed E-state index contributed by atoms with van der Waals surface area (Å²) in [6.07, 6.45) is 4.24. The second-order valence-electron chi connectivity index (χ2n) is 6.66. The summed E-state index contributed by atoms with van der Waals surface area (Å²) in [7, 11) is 0. The summed E-state index contributed by atoms with van der Waals surface area (Å²) in [5.74, 6) is 0. The summed E-state index contributed by atoms with van der Waals surface area (Å²) >= 11 is 0. The molecule has 3 heterocycles. The van der Waals surface area contributed by atoms with E-state index in [1.54, 1.807) is 12.4 Å². The van der Waals surface area contributed by atoms with Crippen LogP contribution in [0.3, 0.4) is 0 Å². The van der Waals surface area contributed by atoms with Crippen LogP contribution in [0.2, 0.25) is 0 Å². The molecule has 5 heteroatoms. The third-order valence-corrected chi connectivity index (χ3v) is 4.99. The quantitative estimate of drug-likeness (QED) is 0.905. The first-order valence-electron chi connectivity index (χ1n) is 8.05. The average molecular weight is 298 g/mol. The average Bonchev–Trinajstić information content (AvgIpc) is 2.86. The second-order valence-corrected chi connectivity index (χ2v) is 6.66. The van der Waals surface area contributed by atoms with Crippen molar-refractivity contribution in [3.63, 3.8) is 0 Å². The van der Waals surface area contributed by atoms with Gasteiger partial charge in [-0.3, -0.25) is 19.8 Å². The number of benzene rings is 1. The number of hydrogen-bond acceptors (Lipinski definition) is 5. The molecule has 22 heavy (non-hydrogen) atoms. The zero-order valence-corrected chi connectivity index (χ0v) is 12.9. The molecule has 0 bridgehead atoms. The Kier molecular flexibility index (Phi) is 3.56. The van der Waals surface area contributed by atoms with Gasteiger partial charge >= 0.3 is 0 Å². The van der Waals surface area contributed by atoms with Crippen molar-refractivity contribution in [2.24, 2.45) is 0 Å². The van der Waals surface area contributed by atoms with Gasteiger partial charge in [-0.05, 0) is 31.0 Å². The van der Waals surface area contributed by atoms with Gasteiger partial charge in [-0.2, -0.15) is 0 Å². The number of fused-ring (bicyclic) bond motifs is 2. The maximum atomic E-state index is 9.87. The number of nitrogens with zero attached hydrogens (tertiary/aromatic N) is 4. The van der Waals surface area contributed by atoms with E-state index in [4.69, 9.17) is 0 Å². The zero-order chi connectivity index (χ0) is 15.1.